The topological polar surface area (TPSA) is 75.6 Å². The standard InChI is InChI=1S/C15H25NO4/c1-10-6-8-15(5,9-7-10)11(12(17)18)16-13(19)20-14(2,3)4/h6,8,10-11H,7,9H2,1-5H3,(H,16,19)(H,17,18)/t10?,11-,15?/m1/s1. The Morgan fingerprint density at radius 1 is 1.45 bits per heavy atom. The highest BCUT2D eigenvalue weighted by molar-refractivity contribution is 5.81. The highest BCUT2D eigenvalue weighted by atomic mass is 16.6. The quantitative estimate of drug-likeness (QED) is 0.781. The number of carboxylic acids is 1. The Labute approximate surface area is 120 Å². The predicted octanol–water partition coefficient (Wildman–Crippen LogP) is 2.96. The number of hydrogen-bond acceptors (Lipinski definition) is 3. The predicted molar refractivity (Wildman–Crippen MR) is 76.4 cm³/mol. The van der Waals surface area contributed by atoms with E-state index in [0.29, 0.717) is 5.92 Å². The molecule has 0 bridgehead atoms. The van der Waals surface area contributed by atoms with Crippen molar-refractivity contribution < 1.29 is 19.4 Å². The second-order valence-electron chi connectivity index (χ2n) is 6.80. The molecule has 5 heteroatoms. The largest absolute Gasteiger partial charge is 0.480 e. The van der Waals surface area contributed by atoms with Crippen molar-refractivity contribution in [2.24, 2.45) is 11.3 Å². The van der Waals surface area contributed by atoms with Crippen molar-refractivity contribution in [2.75, 3.05) is 0 Å². The highest BCUT2D eigenvalue weighted by Crippen LogP contribution is 2.36. The van der Waals surface area contributed by atoms with Gasteiger partial charge in [-0.15, -0.1) is 0 Å². The van der Waals surface area contributed by atoms with Gasteiger partial charge in [-0.25, -0.2) is 9.59 Å². The summed E-state index contributed by atoms with van der Waals surface area (Å²) in [7, 11) is 0. The Morgan fingerprint density at radius 2 is 2.05 bits per heavy atom. The second-order valence-corrected chi connectivity index (χ2v) is 6.80. The molecule has 2 N–H and O–H groups in total. The Balaban J connectivity index is 2.83. The second kappa shape index (κ2) is 5.85. The molecule has 0 aromatic heterocycles. The summed E-state index contributed by atoms with van der Waals surface area (Å²) in [6, 6.07) is -0.985. The first-order valence-corrected chi connectivity index (χ1v) is 6.95. The van der Waals surface area contributed by atoms with E-state index < -0.39 is 29.1 Å². The first-order chi connectivity index (χ1) is 9.03. The van der Waals surface area contributed by atoms with Crippen LogP contribution >= 0.6 is 0 Å². The van der Waals surface area contributed by atoms with Crippen LogP contribution in [0.2, 0.25) is 0 Å². The average molecular weight is 283 g/mol. The van der Waals surface area contributed by atoms with Crippen molar-refractivity contribution in [2.45, 2.75) is 59.1 Å². The van der Waals surface area contributed by atoms with Gasteiger partial charge in [0.1, 0.15) is 11.6 Å². The number of carboxylic acid groups (broad SMARTS) is 1. The average Bonchev–Trinajstić information content (AvgIpc) is 2.27. The molecular formula is C15H25NO4. The summed E-state index contributed by atoms with van der Waals surface area (Å²) in [5.41, 5.74) is -1.24. The number of carbonyl (C=O) groups is 2. The van der Waals surface area contributed by atoms with Crippen molar-refractivity contribution in [1.29, 1.82) is 0 Å². The fourth-order valence-corrected chi connectivity index (χ4v) is 2.28. The Hall–Kier alpha value is -1.52. The van der Waals surface area contributed by atoms with E-state index in [1.54, 1.807) is 20.8 Å². The zero-order chi connectivity index (χ0) is 15.6. The first kappa shape index (κ1) is 16.5. The van der Waals surface area contributed by atoms with Crippen molar-refractivity contribution in [1.82, 2.24) is 5.32 Å². The smallest absolute Gasteiger partial charge is 0.408 e. The molecule has 0 aliphatic heterocycles. The molecule has 0 spiro atoms. The normalized spacial score (nSPS) is 27.8. The molecular weight excluding hydrogens is 258 g/mol. The summed E-state index contributed by atoms with van der Waals surface area (Å²) in [6.07, 6.45) is 4.84. The van der Waals surface area contributed by atoms with Gasteiger partial charge in [-0.1, -0.05) is 26.0 Å². The molecule has 0 saturated heterocycles. The SMILES string of the molecule is CC1C=CC(C)([C@H](NC(=O)OC(C)(C)C)C(=O)O)CC1. The zero-order valence-corrected chi connectivity index (χ0v) is 12.9. The van der Waals surface area contributed by atoms with Crippen LogP contribution in [-0.2, 0) is 9.53 Å². The summed E-state index contributed by atoms with van der Waals surface area (Å²) >= 11 is 0. The fourth-order valence-electron chi connectivity index (χ4n) is 2.28. The minimum atomic E-state index is -1.04. The van der Waals surface area contributed by atoms with Crippen molar-refractivity contribution in [3.63, 3.8) is 0 Å². The van der Waals surface area contributed by atoms with Crippen molar-refractivity contribution in [3.8, 4) is 0 Å². The van der Waals surface area contributed by atoms with E-state index in [1.165, 1.54) is 0 Å². The van der Waals surface area contributed by atoms with Gasteiger partial charge in [0.25, 0.3) is 0 Å². The molecule has 2 unspecified atom stereocenters. The van der Waals surface area contributed by atoms with E-state index in [-0.39, 0.29) is 0 Å². The van der Waals surface area contributed by atoms with Crippen molar-refractivity contribution >= 4 is 12.1 Å². The maximum absolute atomic E-state index is 11.8. The van der Waals surface area contributed by atoms with Crippen LogP contribution in [-0.4, -0.2) is 28.8 Å². The lowest BCUT2D eigenvalue weighted by Gasteiger charge is -2.36. The van der Waals surface area contributed by atoms with Gasteiger partial charge in [0.05, 0.1) is 0 Å². The van der Waals surface area contributed by atoms with E-state index in [9.17, 15) is 14.7 Å². The summed E-state index contributed by atoms with van der Waals surface area (Å²) in [6.45, 7) is 9.17. The van der Waals surface area contributed by atoms with Crippen LogP contribution in [0.25, 0.3) is 0 Å². The molecule has 114 valence electrons. The minimum Gasteiger partial charge on any atom is -0.480 e. The molecule has 0 heterocycles. The number of rotatable bonds is 3. The van der Waals surface area contributed by atoms with Gasteiger partial charge in [-0.3, -0.25) is 0 Å². The number of amides is 1. The lowest BCUT2D eigenvalue weighted by atomic mass is 9.72. The van der Waals surface area contributed by atoms with Crippen LogP contribution in [0.5, 0.6) is 0 Å². The molecule has 0 fully saturated rings. The van der Waals surface area contributed by atoms with Gasteiger partial charge >= 0.3 is 12.1 Å². The van der Waals surface area contributed by atoms with E-state index in [2.05, 4.69) is 12.2 Å². The van der Waals surface area contributed by atoms with Gasteiger partial charge < -0.3 is 15.2 Å². The number of alkyl carbamates (subject to hydrolysis) is 1. The third kappa shape index (κ3) is 4.54. The molecule has 20 heavy (non-hydrogen) atoms. The van der Waals surface area contributed by atoms with Gasteiger partial charge in [0.2, 0.25) is 0 Å². The summed E-state index contributed by atoms with van der Waals surface area (Å²) in [5, 5.41) is 11.9. The van der Waals surface area contributed by atoms with Crippen LogP contribution in [0.1, 0.15) is 47.5 Å². The number of hydrogen-bond donors (Lipinski definition) is 2. The van der Waals surface area contributed by atoms with E-state index in [0.717, 1.165) is 12.8 Å². The molecule has 1 amide bonds. The molecule has 0 saturated carbocycles. The van der Waals surface area contributed by atoms with E-state index in [1.807, 2.05) is 19.1 Å². The molecule has 0 radical (unpaired) electrons. The first-order valence-electron chi connectivity index (χ1n) is 6.95. The molecule has 3 atom stereocenters. The molecule has 1 rings (SSSR count). The fraction of sp³-hybridized carbons (Fsp3) is 0.733. The number of allylic oxidation sites excluding steroid dienone is 1. The number of carbonyl (C=O) groups excluding carboxylic acids is 1. The van der Waals surface area contributed by atoms with Gasteiger partial charge in [0, 0.05) is 5.41 Å². The third-order valence-electron chi connectivity index (χ3n) is 3.51. The highest BCUT2D eigenvalue weighted by Gasteiger charge is 2.40. The molecule has 1 aliphatic carbocycles. The van der Waals surface area contributed by atoms with Crippen LogP contribution in [0, 0.1) is 11.3 Å². The molecule has 0 aromatic carbocycles. The molecule has 1 aliphatic rings. The van der Waals surface area contributed by atoms with Crippen LogP contribution in [0.15, 0.2) is 12.2 Å². The van der Waals surface area contributed by atoms with E-state index in [4.69, 9.17) is 4.74 Å². The monoisotopic (exact) mass is 283 g/mol. The third-order valence-corrected chi connectivity index (χ3v) is 3.51. The minimum absolute atomic E-state index is 0.444. The van der Waals surface area contributed by atoms with Crippen LogP contribution in [0.3, 0.4) is 0 Å². The Kier molecular flexibility index (Phi) is 4.84. The van der Waals surface area contributed by atoms with Crippen LogP contribution in [0.4, 0.5) is 4.79 Å². The summed E-state index contributed by atoms with van der Waals surface area (Å²) in [5.74, 6) is -0.600. The lowest BCUT2D eigenvalue weighted by molar-refractivity contribution is -0.142. The Morgan fingerprint density at radius 3 is 2.45 bits per heavy atom. The van der Waals surface area contributed by atoms with Crippen LogP contribution < -0.4 is 5.32 Å². The van der Waals surface area contributed by atoms with Gasteiger partial charge in [-0.2, -0.15) is 0 Å². The lowest BCUT2D eigenvalue weighted by Crippen LogP contribution is -2.52. The molecule has 5 nitrogen and oxygen atoms in total. The summed E-state index contributed by atoms with van der Waals surface area (Å²) in [4.78, 5) is 23.3. The van der Waals surface area contributed by atoms with E-state index >= 15 is 0 Å². The number of aliphatic carboxylic acids is 1. The van der Waals surface area contributed by atoms with Gasteiger partial charge in [-0.05, 0) is 39.5 Å². The van der Waals surface area contributed by atoms with Gasteiger partial charge in [0.15, 0.2) is 0 Å². The number of nitrogens with one attached hydrogen (secondary N) is 1. The number of ether oxygens (including phenoxy) is 1. The van der Waals surface area contributed by atoms with Crippen molar-refractivity contribution in [3.05, 3.63) is 12.2 Å². The maximum Gasteiger partial charge on any atom is 0.408 e. The maximum atomic E-state index is 11.8. The molecule has 0 aromatic rings. The Bertz CT molecular complexity index is 411. The summed E-state index contributed by atoms with van der Waals surface area (Å²) < 4.78 is 5.14. The zero-order valence-electron chi connectivity index (χ0n) is 12.9.